The van der Waals surface area contributed by atoms with E-state index in [0.717, 1.165) is 12.8 Å². The first-order valence-corrected chi connectivity index (χ1v) is 8.96. The number of sulfonamides is 1. The normalized spacial score (nSPS) is 16.9. The van der Waals surface area contributed by atoms with Gasteiger partial charge in [0.25, 0.3) is 5.91 Å². The number of carbonyl (C=O) groups excluding carboxylic acids is 1. The van der Waals surface area contributed by atoms with E-state index in [1.54, 1.807) is 19.2 Å². The molecule has 1 amide bonds. The SMILES string of the molecule is C/C=C\N=C(/C)NC(=O)c1ccc(S(=O)(=O)N2CCCC2)cc1. The summed E-state index contributed by atoms with van der Waals surface area (Å²) in [5.41, 5.74) is 0.389. The molecule has 1 aromatic carbocycles. The lowest BCUT2D eigenvalue weighted by Gasteiger charge is -2.15. The third-order valence-electron chi connectivity index (χ3n) is 3.53. The van der Waals surface area contributed by atoms with Gasteiger partial charge in [-0.15, -0.1) is 0 Å². The molecule has 0 aromatic heterocycles. The highest BCUT2D eigenvalue weighted by Gasteiger charge is 2.27. The highest BCUT2D eigenvalue weighted by atomic mass is 32.2. The Kier molecular flexibility index (Phi) is 5.68. The van der Waals surface area contributed by atoms with Gasteiger partial charge in [0, 0.05) is 24.9 Å². The Morgan fingerprint density at radius 2 is 1.83 bits per heavy atom. The van der Waals surface area contributed by atoms with Crippen molar-refractivity contribution in [3.8, 4) is 0 Å². The van der Waals surface area contributed by atoms with Gasteiger partial charge in [-0.05, 0) is 51.0 Å². The van der Waals surface area contributed by atoms with E-state index in [1.807, 2.05) is 6.92 Å². The average molecular weight is 335 g/mol. The van der Waals surface area contributed by atoms with Crippen molar-refractivity contribution in [1.29, 1.82) is 0 Å². The van der Waals surface area contributed by atoms with Crippen molar-refractivity contribution in [2.24, 2.45) is 4.99 Å². The van der Waals surface area contributed by atoms with E-state index < -0.39 is 10.0 Å². The molecule has 1 aromatic rings. The number of hydrogen-bond acceptors (Lipinski definition) is 4. The summed E-state index contributed by atoms with van der Waals surface area (Å²) in [5, 5.41) is 2.64. The van der Waals surface area contributed by atoms with Gasteiger partial charge >= 0.3 is 0 Å². The monoisotopic (exact) mass is 335 g/mol. The fraction of sp³-hybridized carbons (Fsp3) is 0.375. The molecule has 1 aliphatic heterocycles. The fourth-order valence-electron chi connectivity index (χ4n) is 2.31. The van der Waals surface area contributed by atoms with E-state index in [2.05, 4.69) is 10.3 Å². The van der Waals surface area contributed by atoms with Gasteiger partial charge in [-0.2, -0.15) is 4.31 Å². The first-order chi connectivity index (χ1) is 10.9. The van der Waals surface area contributed by atoms with Crippen LogP contribution in [0.1, 0.15) is 37.0 Å². The predicted molar refractivity (Wildman–Crippen MR) is 89.8 cm³/mol. The van der Waals surface area contributed by atoms with E-state index in [9.17, 15) is 13.2 Å². The van der Waals surface area contributed by atoms with Crippen molar-refractivity contribution in [3.05, 3.63) is 42.1 Å². The topological polar surface area (TPSA) is 78.8 Å². The maximum Gasteiger partial charge on any atom is 0.256 e. The molecule has 6 nitrogen and oxygen atoms in total. The maximum atomic E-state index is 12.4. The van der Waals surface area contributed by atoms with Crippen LogP contribution in [0.15, 0.2) is 46.4 Å². The molecular weight excluding hydrogens is 314 g/mol. The van der Waals surface area contributed by atoms with Gasteiger partial charge < -0.3 is 5.32 Å². The molecule has 1 saturated heterocycles. The summed E-state index contributed by atoms with van der Waals surface area (Å²) in [6.07, 6.45) is 5.13. The molecule has 1 N–H and O–H groups in total. The second-order valence-corrected chi connectivity index (χ2v) is 7.22. The Labute approximate surface area is 137 Å². The van der Waals surface area contributed by atoms with Gasteiger partial charge in [-0.1, -0.05) is 6.08 Å². The standard InChI is InChI=1S/C16H21N3O3S/c1-3-10-17-13(2)18-16(20)14-6-8-15(9-7-14)23(21,22)19-11-4-5-12-19/h3,6-10H,4-5,11-12H2,1-2H3,(H,17,18,20)/b10-3-. The molecule has 2 rings (SSSR count). The van der Waals surface area contributed by atoms with Gasteiger partial charge in [0.15, 0.2) is 0 Å². The molecule has 124 valence electrons. The fourth-order valence-corrected chi connectivity index (χ4v) is 3.83. The lowest BCUT2D eigenvalue weighted by Crippen LogP contribution is -2.29. The van der Waals surface area contributed by atoms with Crippen LogP contribution in [0.5, 0.6) is 0 Å². The van der Waals surface area contributed by atoms with Crippen LogP contribution in [-0.2, 0) is 10.0 Å². The average Bonchev–Trinajstić information content (AvgIpc) is 3.08. The van der Waals surface area contributed by atoms with Crippen molar-refractivity contribution < 1.29 is 13.2 Å². The third-order valence-corrected chi connectivity index (χ3v) is 5.44. The molecule has 1 heterocycles. The Morgan fingerprint density at radius 1 is 1.22 bits per heavy atom. The van der Waals surface area contributed by atoms with Crippen LogP contribution < -0.4 is 5.32 Å². The predicted octanol–water partition coefficient (Wildman–Crippen LogP) is 2.15. The van der Waals surface area contributed by atoms with Crippen molar-refractivity contribution >= 4 is 21.8 Å². The van der Waals surface area contributed by atoms with Crippen molar-refractivity contribution in [2.45, 2.75) is 31.6 Å². The van der Waals surface area contributed by atoms with E-state index in [4.69, 9.17) is 0 Å². The van der Waals surface area contributed by atoms with Crippen LogP contribution in [-0.4, -0.2) is 37.6 Å². The second-order valence-electron chi connectivity index (χ2n) is 5.29. The number of hydrogen-bond donors (Lipinski definition) is 1. The third kappa shape index (κ3) is 4.27. The number of allylic oxidation sites excluding steroid dienone is 1. The van der Waals surface area contributed by atoms with E-state index in [1.165, 1.54) is 28.6 Å². The molecular formula is C16H21N3O3S. The van der Waals surface area contributed by atoms with Gasteiger partial charge in [0.2, 0.25) is 10.0 Å². The van der Waals surface area contributed by atoms with Crippen LogP contribution in [0.2, 0.25) is 0 Å². The summed E-state index contributed by atoms with van der Waals surface area (Å²) >= 11 is 0. The molecule has 0 aliphatic carbocycles. The molecule has 1 aliphatic rings. The summed E-state index contributed by atoms with van der Waals surface area (Å²) in [4.78, 5) is 16.3. The maximum absolute atomic E-state index is 12.4. The lowest BCUT2D eigenvalue weighted by atomic mass is 10.2. The number of aliphatic imine (C=N–C) groups is 1. The zero-order chi connectivity index (χ0) is 16.9. The molecule has 0 radical (unpaired) electrons. The number of nitrogens with one attached hydrogen (secondary N) is 1. The molecule has 7 heteroatoms. The molecule has 1 fully saturated rings. The number of amides is 1. The quantitative estimate of drug-likeness (QED) is 0.676. The van der Waals surface area contributed by atoms with E-state index in [0.29, 0.717) is 24.5 Å². The molecule has 23 heavy (non-hydrogen) atoms. The van der Waals surface area contributed by atoms with E-state index >= 15 is 0 Å². The van der Waals surface area contributed by atoms with Crippen LogP contribution in [0.4, 0.5) is 0 Å². The first kappa shape index (κ1) is 17.4. The van der Waals surface area contributed by atoms with Gasteiger partial charge in [-0.3, -0.25) is 4.79 Å². The van der Waals surface area contributed by atoms with Crippen LogP contribution in [0.25, 0.3) is 0 Å². The number of nitrogens with zero attached hydrogens (tertiary/aromatic N) is 2. The van der Waals surface area contributed by atoms with Gasteiger partial charge in [-0.25, -0.2) is 13.4 Å². The number of rotatable bonds is 4. The minimum atomic E-state index is -3.45. The molecule has 0 unspecified atom stereocenters. The second kappa shape index (κ2) is 7.52. The first-order valence-electron chi connectivity index (χ1n) is 7.52. The van der Waals surface area contributed by atoms with E-state index in [-0.39, 0.29) is 10.8 Å². The molecule has 0 atom stereocenters. The lowest BCUT2D eigenvalue weighted by molar-refractivity contribution is 0.0977. The Morgan fingerprint density at radius 3 is 2.39 bits per heavy atom. The van der Waals surface area contributed by atoms with Crippen molar-refractivity contribution in [2.75, 3.05) is 13.1 Å². The van der Waals surface area contributed by atoms with Gasteiger partial charge in [0.05, 0.1) is 4.90 Å². The largest absolute Gasteiger partial charge is 0.310 e. The number of benzene rings is 1. The van der Waals surface area contributed by atoms with Crippen LogP contribution in [0, 0.1) is 0 Å². The molecule has 0 bridgehead atoms. The molecule has 0 spiro atoms. The summed E-state index contributed by atoms with van der Waals surface area (Å²) in [7, 11) is -3.45. The number of amidine groups is 1. The molecule has 0 saturated carbocycles. The minimum Gasteiger partial charge on any atom is -0.310 e. The highest BCUT2D eigenvalue weighted by molar-refractivity contribution is 7.89. The highest BCUT2D eigenvalue weighted by Crippen LogP contribution is 2.21. The minimum absolute atomic E-state index is 0.218. The smallest absolute Gasteiger partial charge is 0.256 e. The zero-order valence-electron chi connectivity index (χ0n) is 13.3. The summed E-state index contributed by atoms with van der Waals surface area (Å²) in [5.74, 6) is 0.155. The van der Waals surface area contributed by atoms with Crippen molar-refractivity contribution in [1.82, 2.24) is 9.62 Å². The zero-order valence-corrected chi connectivity index (χ0v) is 14.1. The van der Waals surface area contributed by atoms with Crippen LogP contribution in [0.3, 0.4) is 0 Å². The number of carbonyl (C=O) groups is 1. The summed E-state index contributed by atoms with van der Waals surface area (Å²) in [6.45, 7) is 4.64. The van der Waals surface area contributed by atoms with Crippen molar-refractivity contribution in [3.63, 3.8) is 0 Å². The Hall–Kier alpha value is -1.99. The van der Waals surface area contributed by atoms with Crippen LogP contribution >= 0.6 is 0 Å². The van der Waals surface area contributed by atoms with Gasteiger partial charge in [0.1, 0.15) is 5.84 Å². The Balaban J connectivity index is 2.11. The Bertz CT molecular complexity index is 715. The summed E-state index contributed by atoms with van der Waals surface area (Å²) < 4.78 is 26.3. The summed E-state index contributed by atoms with van der Waals surface area (Å²) in [6, 6.07) is 5.98.